The molecule has 0 atom stereocenters. The molecule has 1 aliphatic heterocycles. The molecule has 0 unspecified atom stereocenters. The maximum absolute atomic E-state index is 2.45. The van der Waals surface area contributed by atoms with Crippen molar-refractivity contribution in [3.8, 4) is 0 Å². The Labute approximate surface area is 74.5 Å². The Morgan fingerprint density at radius 3 is 2.27 bits per heavy atom. The third kappa shape index (κ3) is 2.90. The lowest BCUT2D eigenvalue weighted by Crippen LogP contribution is -2.20. The van der Waals surface area contributed by atoms with Crippen LogP contribution < -0.4 is 0 Å². The van der Waals surface area contributed by atoms with Crippen molar-refractivity contribution in [2.75, 3.05) is 11.5 Å². The minimum atomic E-state index is 0.518. The van der Waals surface area contributed by atoms with E-state index in [0.29, 0.717) is 5.41 Å². The van der Waals surface area contributed by atoms with Crippen LogP contribution in [0.5, 0.6) is 0 Å². The molecule has 1 rings (SSSR count). The molecule has 0 bridgehead atoms. The van der Waals surface area contributed by atoms with Gasteiger partial charge in [0.2, 0.25) is 0 Å². The van der Waals surface area contributed by atoms with E-state index >= 15 is 0 Å². The summed E-state index contributed by atoms with van der Waals surface area (Å²) in [6.45, 7) is 6.79. The van der Waals surface area contributed by atoms with E-state index in [1.54, 1.807) is 0 Å². The first-order valence-electron chi connectivity index (χ1n) is 4.36. The molecule has 0 spiro atoms. The molecule has 0 aromatic heterocycles. The number of hydrogen-bond donors (Lipinski definition) is 0. The lowest BCUT2D eigenvalue weighted by molar-refractivity contribution is 0.391. The van der Waals surface area contributed by atoms with Crippen molar-refractivity contribution < 1.29 is 0 Å². The number of hydrogen-bond acceptors (Lipinski definition) is 1. The number of thioether (sulfide) groups is 1. The quantitative estimate of drug-likeness (QED) is 0.543. The highest BCUT2D eigenvalue weighted by molar-refractivity contribution is 7.99. The molecule has 11 heavy (non-hydrogen) atoms. The summed E-state index contributed by atoms with van der Waals surface area (Å²) in [7, 11) is 0. The van der Waals surface area contributed by atoms with Gasteiger partial charge in [0.25, 0.3) is 0 Å². The van der Waals surface area contributed by atoms with Crippen LogP contribution in [0.25, 0.3) is 0 Å². The van der Waals surface area contributed by atoms with Gasteiger partial charge in [-0.1, -0.05) is 18.6 Å². The lowest BCUT2D eigenvalue weighted by atomic mass is 9.83. The Kier molecular flexibility index (Phi) is 3.06. The normalized spacial score (nSPS) is 22.8. The van der Waals surface area contributed by atoms with Crippen molar-refractivity contribution in [3.63, 3.8) is 0 Å². The molecular formula is C10H18S. The van der Waals surface area contributed by atoms with E-state index in [1.165, 1.54) is 29.9 Å². The topological polar surface area (TPSA) is 0 Å². The minimum absolute atomic E-state index is 0.518. The van der Waals surface area contributed by atoms with Crippen LogP contribution in [-0.4, -0.2) is 11.5 Å². The fourth-order valence-corrected chi connectivity index (χ4v) is 3.10. The maximum atomic E-state index is 2.45. The van der Waals surface area contributed by atoms with Gasteiger partial charge < -0.3 is 0 Å². The molecule has 1 heteroatoms. The molecular weight excluding hydrogens is 152 g/mol. The molecule has 1 aliphatic rings. The minimum Gasteiger partial charge on any atom is -0.162 e. The molecule has 0 radical (unpaired) electrons. The van der Waals surface area contributed by atoms with Gasteiger partial charge in [-0.15, -0.1) is 0 Å². The van der Waals surface area contributed by atoms with Crippen LogP contribution >= 0.6 is 11.8 Å². The van der Waals surface area contributed by atoms with E-state index < -0.39 is 0 Å². The number of allylic oxidation sites excluding steroid dienone is 2. The third-order valence-corrected chi connectivity index (χ3v) is 3.26. The molecule has 1 saturated heterocycles. The Bertz CT molecular complexity index is 148. The average Bonchev–Trinajstić information content (AvgIpc) is 1.85. The van der Waals surface area contributed by atoms with Crippen molar-refractivity contribution in [1.82, 2.24) is 0 Å². The Morgan fingerprint density at radius 2 is 1.82 bits per heavy atom. The molecule has 0 amide bonds. The summed E-state index contributed by atoms with van der Waals surface area (Å²) < 4.78 is 0. The summed E-state index contributed by atoms with van der Waals surface area (Å²) in [6.07, 6.45) is 5.18. The van der Waals surface area contributed by atoms with Gasteiger partial charge in [-0.05, 0) is 43.6 Å². The van der Waals surface area contributed by atoms with E-state index in [2.05, 4.69) is 38.6 Å². The zero-order chi connectivity index (χ0) is 8.32. The Balaban J connectivity index is 2.57. The van der Waals surface area contributed by atoms with E-state index in [1.807, 2.05) is 0 Å². The van der Waals surface area contributed by atoms with Crippen LogP contribution in [0.1, 0.15) is 33.6 Å². The molecule has 0 nitrogen and oxygen atoms in total. The van der Waals surface area contributed by atoms with Crippen LogP contribution in [-0.2, 0) is 0 Å². The molecule has 0 aromatic rings. The summed E-state index contributed by atoms with van der Waals surface area (Å²) in [5.41, 5.74) is 1.99. The molecule has 0 saturated carbocycles. The van der Waals surface area contributed by atoms with Gasteiger partial charge in [-0.25, -0.2) is 0 Å². The molecule has 0 aliphatic carbocycles. The van der Waals surface area contributed by atoms with Gasteiger partial charge in [-0.3, -0.25) is 0 Å². The highest BCUT2D eigenvalue weighted by atomic mass is 32.2. The van der Waals surface area contributed by atoms with E-state index in [0.717, 1.165) is 0 Å². The summed E-state index contributed by atoms with van der Waals surface area (Å²) in [5.74, 6) is 2.70. The molecule has 64 valence electrons. The van der Waals surface area contributed by atoms with Gasteiger partial charge in [0.05, 0.1) is 0 Å². The predicted molar refractivity (Wildman–Crippen MR) is 54.1 cm³/mol. The van der Waals surface area contributed by atoms with Gasteiger partial charge >= 0.3 is 0 Å². The smallest absolute Gasteiger partial charge is 0.00594 e. The van der Waals surface area contributed by atoms with Crippen LogP contribution in [0, 0.1) is 5.41 Å². The summed E-state index contributed by atoms with van der Waals surface area (Å²) in [4.78, 5) is 0. The first kappa shape index (κ1) is 9.18. The largest absolute Gasteiger partial charge is 0.162 e. The van der Waals surface area contributed by atoms with Gasteiger partial charge in [0.15, 0.2) is 0 Å². The highest BCUT2D eigenvalue weighted by Crippen LogP contribution is 2.36. The first-order valence-corrected chi connectivity index (χ1v) is 5.52. The van der Waals surface area contributed by atoms with Gasteiger partial charge in [0, 0.05) is 0 Å². The molecule has 1 heterocycles. The second-order valence-electron chi connectivity index (χ2n) is 3.99. The van der Waals surface area contributed by atoms with Crippen LogP contribution in [0.4, 0.5) is 0 Å². The fourth-order valence-electron chi connectivity index (χ4n) is 1.68. The van der Waals surface area contributed by atoms with Crippen molar-refractivity contribution in [1.29, 1.82) is 0 Å². The summed E-state index contributed by atoms with van der Waals surface area (Å²) in [5, 5.41) is 0. The van der Waals surface area contributed by atoms with Crippen molar-refractivity contribution >= 4 is 11.8 Å². The van der Waals surface area contributed by atoms with Crippen molar-refractivity contribution in [2.24, 2.45) is 5.41 Å². The standard InChI is InChI=1S/C10H18S/c1-9(2)8-10(3)4-6-11-7-5-10/h8H,4-7H2,1-3H3. The van der Waals surface area contributed by atoms with E-state index in [4.69, 9.17) is 0 Å². The highest BCUT2D eigenvalue weighted by Gasteiger charge is 2.23. The maximum Gasteiger partial charge on any atom is -0.00594 e. The third-order valence-electron chi connectivity index (χ3n) is 2.27. The number of rotatable bonds is 1. The predicted octanol–water partition coefficient (Wildman–Crippen LogP) is 3.49. The van der Waals surface area contributed by atoms with E-state index in [9.17, 15) is 0 Å². The second kappa shape index (κ2) is 3.66. The Morgan fingerprint density at radius 1 is 1.27 bits per heavy atom. The van der Waals surface area contributed by atoms with Gasteiger partial charge in [-0.2, -0.15) is 11.8 Å². The summed E-state index contributed by atoms with van der Waals surface area (Å²) in [6, 6.07) is 0. The Hall–Kier alpha value is 0.0900. The molecule has 1 fully saturated rings. The molecule has 0 aromatic carbocycles. The van der Waals surface area contributed by atoms with Crippen LogP contribution in [0.3, 0.4) is 0 Å². The zero-order valence-electron chi connectivity index (χ0n) is 7.81. The summed E-state index contributed by atoms with van der Waals surface area (Å²) >= 11 is 2.10. The van der Waals surface area contributed by atoms with Gasteiger partial charge in [0.1, 0.15) is 0 Å². The lowest BCUT2D eigenvalue weighted by Gasteiger charge is -2.30. The zero-order valence-corrected chi connectivity index (χ0v) is 8.63. The van der Waals surface area contributed by atoms with Crippen molar-refractivity contribution in [2.45, 2.75) is 33.6 Å². The monoisotopic (exact) mass is 170 g/mol. The first-order chi connectivity index (χ1) is 5.12. The van der Waals surface area contributed by atoms with E-state index in [-0.39, 0.29) is 0 Å². The van der Waals surface area contributed by atoms with Crippen LogP contribution in [0.2, 0.25) is 0 Å². The van der Waals surface area contributed by atoms with Crippen molar-refractivity contribution in [3.05, 3.63) is 11.6 Å². The molecule has 0 N–H and O–H groups in total. The average molecular weight is 170 g/mol. The SMILES string of the molecule is CC(C)=CC1(C)CCSCC1. The second-order valence-corrected chi connectivity index (χ2v) is 5.21. The fraction of sp³-hybridized carbons (Fsp3) is 0.800. The van der Waals surface area contributed by atoms with Crippen LogP contribution in [0.15, 0.2) is 11.6 Å².